The quantitative estimate of drug-likeness (QED) is 0.294. The van der Waals surface area contributed by atoms with Gasteiger partial charge in [-0.1, -0.05) is 18.2 Å². The average Bonchev–Trinajstić information content (AvgIpc) is 3.51. The van der Waals surface area contributed by atoms with Crippen LogP contribution >= 0.6 is 11.3 Å². The fourth-order valence-electron chi connectivity index (χ4n) is 4.15. The lowest BCUT2D eigenvalue weighted by atomic mass is 10.1. The summed E-state index contributed by atoms with van der Waals surface area (Å²) in [4.78, 5) is 22.7. The maximum Gasteiger partial charge on any atom is 0.294 e. The van der Waals surface area contributed by atoms with E-state index in [4.69, 9.17) is 9.72 Å². The number of ether oxygens (including phenoxy) is 1. The number of hydrogen-bond acceptors (Lipinski definition) is 9. The van der Waals surface area contributed by atoms with Crippen molar-refractivity contribution in [3.63, 3.8) is 0 Å². The van der Waals surface area contributed by atoms with Crippen LogP contribution in [-0.4, -0.2) is 50.8 Å². The second-order valence-corrected chi connectivity index (χ2v) is 8.71. The van der Waals surface area contributed by atoms with Crippen LogP contribution in [0, 0.1) is 10.1 Å². The molecule has 0 saturated carbocycles. The molecule has 0 radical (unpaired) electrons. The number of nitro groups is 1. The zero-order valence-corrected chi connectivity index (χ0v) is 18.7. The number of nitrogens with one attached hydrogen (secondary N) is 1. The predicted molar refractivity (Wildman–Crippen MR) is 131 cm³/mol. The molecule has 1 saturated heterocycles. The number of morpholine rings is 1. The van der Waals surface area contributed by atoms with E-state index in [9.17, 15) is 10.1 Å². The minimum absolute atomic E-state index is 0.0291. The molecule has 1 N–H and O–H groups in total. The van der Waals surface area contributed by atoms with Crippen molar-refractivity contribution in [2.45, 2.75) is 0 Å². The standard InChI is InChI=1S/C23H19N7O3S/c31-30(32)19-13-15(5-6-18(19)28-9-11-33-12-10-28)25-23-26-21-7-8-24-29(21)22(27-23)17-14-34-20-4-2-1-3-16(17)20/h1-8,13-14H,9-12H2,(H,25,26). The molecule has 1 aliphatic rings. The fourth-order valence-corrected chi connectivity index (χ4v) is 5.09. The number of thiophene rings is 1. The van der Waals surface area contributed by atoms with Crippen LogP contribution in [0.15, 0.2) is 60.1 Å². The molecule has 6 rings (SSSR count). The molecular weight excluding hydrogens is 454 g/mol. The van der Waals surface area contributed by atoms with Crippen LogP contribution in [0.3, 0.4) is 0 Å². The van der Waals surface area contributed by atoms with Crippen LogP contribution in [0.2, 0.25) is 0 Å². The van der Waals surface area contributed by atoms with Gasteiger partial charge in [-0.05, 0) is 18.2 Å². The molecule has 3 aromatic heterocycles. The van der Waals surface area contributed by atoms with Crippen LogP contribution < -0.4 is 10.2 Å². The highest BCUT2D eigenvalue weighted by Gasteiger charge is 2.22. The molecule has 1 fully saturated rings. The average molecular weight is 474 g/mol. The smallest absolute Gasteiger partial charge is 0.294 e. The SMILES string of the molecule is O=[N+]([O-])c1cc(Nc2nc(-c3csc4ccccc34)n3nccc3n2)ccc1N1CCOCC1. The Hall–Kier alpha value is -4.09. The normalized spacial score (nSPS) is 14.1. The first-order valence-electron chi connectivity index (χ1n) is 10.7. The Kier molecular flexibility index (Phi) is 5.04. The third kappa shape index (κ3) is 3.60. The zero-order chi connectivity index (χ0) is 23.1. The summed E-state index contributed by atoms with van der Waals surface area (Å²) in [5.41, 5.74) is 2.72. The second-order valence-electron chi connectivity index (χ2n) is 7.80. The van der Waals surface area contributed by atoms with E-state index in [1.165, 1.54) is 6.07 Å². The lowest BCUT2D eigenvalue weighted by Crippen LogP contribution is -2.36. The number of fused-ring (bicyclic) bond motifs is 2. The first-order chi connectivity index (χ1) is 16.7. The van der Waals surface area contributed by atoms with Crippen molar-refractivity contribution in [1.29, 1.82) is 0 Å². The second kappa shape index (κ2) is 8.36. The van der Waals surface area contributed by atoms with E-state index in [1.807, 2.05) is 17.0 Å². The molecule has 0 aliphatic carbocycles. The first kappa shape index (κ1) is 20.5. The molecule has 0 atom stereocenters. The van der Waals surface area contributed by atoms with E-state index >= 15 is 0 Å². The van der Waals surface area contributed by atoms with Crippen LogP contribution in [0.25, 0.3) is 27.1 Å². The van der Waals surface area contributed by atoms with Crippen LogP contribution in [-0.2, 0) is 4.74 Å². The largest absolute Gasteiger partial charge is 0.378 e. The van der Waals surface area contributed by atoms with Crippen molar-refractivity contribution in [1.82, 2.24) is 19.6 Å². The summed E-state index contributed by atoms with van der Waals surface area (Å²) in [5, 5.41) is 22.5. The Morgan fingerprint density at radius 3 is 2.79 bits per heavy atom. The number of rotatable bonds is 5. The molecule has 0 spiro atoms. The maximum absolute atomic E-state index is 11.8. The van der Waals surface area contributed by atoms with Crippen molar-refractivity contribution >= 4 is 50.1 Å². The molecule has 1 aliphatic heterocycles. The molecule has 170 valence electrons. The van der Waals surface area contributed by atoms with Crippen LogP contribution in [0.5, 0.6) is 0 Å². The van der Waals surface area contributed by atoms with Gasteiger partial charge in [-0.25, -0.2) is 0 Å². The first-order valence-corrected chi connectivity index (χ1v) is 11.6. The Bertz CT molecular complexity index is 1520. The van der Waals surface area contributed by atoms with Crippen molar-refractivity contribution in [2.75, 3.05) is 36.5 Å². The van der Waals surface area contributed by atoms with Crippen molar-refractivity contribution in [3.05, 3.63) is 70.2 Å². The van der Waals surface area contributed by atoms with Gasteiger partial charge >= 0.3 is 0 Å². The van der Waals surface area contributed by atoms with Gasteiger partial charge in [-0.2, -0.15) is 19.6 Å². The molecule has 2 aromatic carbocycles. The van der Waals surface area contributed by atoms with E-state index in [0.29, 0.717) is 55.1 Å². The number of nitrogens with zero attached hydrogens (tertiary/aromatic N) is 6. The van der Waals surface area contributed by atoms with Gasteiger partial charge in [0.1, 0.15) is 5.69 Å². The molecule has 0 amide bonds. The molecule has 4 heterocycles. The van der Waals surface area contributed by atoms with E-state index in [2.05, 4.69) is 32.9 Å². The summed E-state index contributed by atoms with van der Waals surface area (Å²) >= 11 is 1.64. The highest BCUT2D eigenvalue weighted by molar-refractivity contribution is 7.17. The Morgan fingerprint density at radius 1 is 1.09 bits per heavy atom. The maximum atomic E-state index is 11.8. The highest BCUT2D eigenvalue weighted by atomic mass is 32.1. The van der Waals surface area contributed by atoms with Gasteiger partial charge < -0.3 is 15.0 Å². The van der Waals surface area contributed by atoms with E-state index in [0.717, 1.165) is 15.6 Å². The minimum atomic E-state index is -0.361. The van der Waals surface area contributed by atoms with Gasteiger partial charge in [0, 0.05) is 51.9 Å². The van der Waals surface area contributed by atoms with Gasteiger partial charge in [-0.3, -0.25) is 10.1 Å². The van der Waals surface area contributed by atoms with Crippen molar-refractivity contribution in [2.24, 2.45) is 0 Å². The monoisotopic (exact) mass is 473 g/mol. The van der Waals surface area contributed by atoms with Gasteiger partial charge in [0.2, 0.25) is 5.95 Å². The number of hydrogen-bond donors (Lipinski definition) is 1. The minimum Gasteiger partial charge on any atom is -0.378 e. The van der Waals surface area contributed by atoms with Gasteiger partial charge in [0.15, 0.2) is 11.5 Å². The summed E-state index contributed by atoms with van der Waals surface area (Å²) in [5.74, 6) is 0.987. The molecule has 0 unspecified atom stereocenters. The van der Waals surface area contributed by atoms with Gasteiger partial charge in [0.05, 0.1) is 24.3 Å². The third-order valence-electron chi connectivity index (χ3n) is 5.76. The molecule has 34 heavy (non-hydrogen) atoms. The van der Waals surface area contributed by atoms with Gasteiger partial charge in [-0.15, -0.1) is 11.3 Å². The summed E-state index contributed by atoms with van der Waals surface area (Å²) in [6.45, 7) is 2.34. The van der Waals surface area contributed by atoms with E-state index in [-0.39, 0.29) is 10.6 Å². The Balaban J connectivity index is 1.40. The highest BCUT2D eigenvalue weighted by Crippen LogP contribution is 2.35. The van der Waals surface area contributed by atoms with Crippen LogP contribution in [0.4, 0.5) is 23.0 Å². The summed E-state index contributed by atoms with van der Waals surface area (Å²) in [7, 11) is 0. The fraction of sp³-hybridized carbons (Fsp3) is 0.174. The summed E-state index contributed by atoms with van der Waals surface area (Å²) < 4.78 is 8.23. The Labute approximate surface area is 197 Å². The van der Waals surface area contributed by atoms with Crippen LogP contribution in [0.1, 0.15) is 0 Å². The molecule has 10 nitrogen and oxygen atoms in total. The lowest BCUT2D eigenvalue weighted by molar-refractivity contribution is -0.384. The topological polar surface area (TPSA) is 111 Å². The van der Waals surface area contributed by atoms with E-state index < -0.39 is 0 Å². The van der Waals surface area contributed by atoms with E-state index in [1.54, 1.807) is 40.2 Å². The lowest BCUT2D eigenvalue weighted by Gasteiger charge is -2.28. The van der Waals surface area contributed by atoms with Crippen molar-refractivity contribution in [3.8, 4) is 11.4 Å². The third-order valence-corrected chi connectivity index (χ3v) is 6.72. The molecular formula is C23H19N7O3S. The Morgan fingerprint density at radius 2 is 1.94 bits per heavy atom. The number of anilines is 3. The summed E-state index contributed by atoms with van der Waals surface area (Å²) in [6.07, 6.45) is 1.67. The zero-order valence-electron chi connectivity index (χ0n) is 17.9. The number of nitro benzene ring substituents is 1. The number of benzene rings is 2. The number of aromatic nitrogens is 4. The van der Waals surface area contributed by atoms with Crippen molar-refractivity contribution < 1.29 is 9.66 Å². The predicted octanol–water partition coefficient (Wildman–Crippen LogP) is 4.49. The summed E-state index contributed by atoms with van der Waals surface area (Å²) in [6, 6.07) is 15.0. The molecule has 5 aromatic rings. The van der Waals surface area contributed by atoms with Gasteiger partial charge in [0.25, 0.3) is 5.69 Å². The molecule has 11 heteroatoms. The molecule has 0 bridgehead atoms.